The van der Waals surface area contributed by atoms with Crippen LogP contribution in [0.3, 0.4) is 0 Å². The van der Waals surface area contributed by atoms with E-state index < -0.39 is 0 Å². The largest absolute Gasteiger partial charge is 0.495 e. The number of halogens is 1. The van der Waals surface area contributed by atoms with Gasteiger partial charge in [0.2, 0.25) is 11.8 Å². The van der Waals surface area contributed by atoms with Crippen molar-refractivity contribution in [2.45, 2.75) is 57.4 Å². The molecule has 0 aromatic heterocycles. The third-order valence-electron chi connectivity index (χ3n) is 7.73. The minimum absolute atomic E-state index is 0.100. The molecule has 1 heterocycles. The fourth-order valence-corrected chi connectivity index (χ4v) is 7.31. The Balaban J connectivity index is 1.34. The normalized spacial score (nSPS) is 35.0. The van der Waals surface area contributed by atoms with Crippen LogP contribution in [0.15, 0.2) is 22.7 Å². The number of carbonyl (C=O) groups excluding carboxylic acids is 2. The molecule has 4 bridgehead atoms. The predicted molar refractivity (Wildman–Crippen MR) is 115 cm³/mol. The van der Waals surface area contributed by atoms with Gasteiger partial charge in [0.1, 0.15) is 11.8 Å². The fourth-order valence-electron chi connectivity index (χ4n) is 6.95. The number of anilines is 1. The molecule has 4 saturated carbocycles. The van der Waals surface area contributed by atoms with E-state index in [0.29, 0.717) is 18.0 Å². The van der Waals surface area contributed by atoms with Crippen LogP contribution >= 0.6 is 15.9 Å². The Morgan fingerprint density at radius 2 is 1.79 bits per heavy atom. The first-order valence-corrected chi connectivity index (χ1v) is 11.7. The van der Waals surface area contributed by atoms with Gasteiger partial charge in [-0.25, -0.2) is 0 Å². The molecule has 0 radical (unpaired) electrons. The van der Waals surface area contributed by atoms with Crippen molar-refractivity contribution in [2.24, 2.45) is 23.2 Å². The Morgan fingerprint density at radius 1 is 1.14 bits per heavy atom. The zero-order valence-electron chi connectivity index (χ0n) is 17.0. The molecule has 1 atom stereocenters. The standard InChI is InChI=1S/C23H29BrN2O3/c1-29-20-5-4-17(24)10-18(20)25-21(27)19-3-2-6-26(19)22(28)23-11-14-7-15(12-23)9-16(8-14)13-23/h4-5,10,14-16,19H,2-3,6-9,11-13H2,1H3,(H,25,27). The fraction of sp³-hybridized carbons (Fsp3) is 0.652. The average Bonchev–Trinajstić information content (AvgIpc) is 3.16. The summed E-state index contributed by atoms with van der Waals surface area (Å²) in [7, 11) is 1.59. The van der Waals surface area contributed by atoms with Crippen molar-refractivity contribution < 1.29 is 14.3 Å². The summed E-state index contributed by atoms with van der Waals surface area (Å²) in [4.78, 5) is 28.8. The summed E-state index contributed by atoms with van der Waals surface area (Å²) in [5.74, 6) is 2.97. The molecule has 2 amide bonds. The number of rotatable bonds is 4. The van der Waals surface area contributed by atoms with Gasteiger partial charge in [0.15, 0.2) is 0 Å². The van der Waals surface area contributed by atoms with Gasteiger partial charge in [-0.3, -0.25) is 9.59 Å². The SMILES string of the molecule is COc1ccc(Br)cc1NC(=O)C1CCCN1C(=O)C12CC3CC(CC(C3)C1)C2. The van der Waals surface area contributed by atoms with Crippen LogP contribution in [0.25, 0.3) is 0 Å². The second kappa shape index (κ2) is 7.29. The molecule has 1 aromatic carbocycles. The van der Waals surface area contributed by atoms with Gasteiger partial charge in [-0.2, -0.15) is 0 Å². The van der Waals surface area contributed by atoms with Crippen molar-refractivity contribution in [1.82, 2.24) is 4.90 Å². The maximum atomic E-state index is 13.8. The van der Waals surface area contributed by atoms with Gasteiger partial charge in [-0.1, -0.05) is 15.9 Å². The summed E-state index contributed by atoms with van der Waals surface area (Å²) >= 11 is 3.45. The second-order valence-electron chi connectivity index (χ2n) is 9.69. The molecule has 0 spiro atoms. The Kier molecular flexibility index (Phi) is 4.88. The highest BCUT2D eigenvalue weighted by molar-refractivity contribution is 9.10. The number of carbonyl (C=O) groups is 2. The number of nitrogens with one attached hydrogen (secondary N) is 1. The molecule has 1 aromatic rings. The lowest BCUT2D eigenvalue weighted by Gasteiger charge is -2.56. The molecule has 6 heteroatoms. The number of amides is 2. The molecule has 1 saturated heterocycles. The lowest BCUT2D eigenvalue weighted by atomic mass is 9.49. The summed E-state index contributed by atoms with van der Waals surface area (Å²) < 4.78 is 6.26. The summed E-state index contributed by atoms with van der Waals surface area (Å²) in [6.07, 6.45) is 8.72. The van der Waals surface area contributed by atoms with Crippen LogP contribution in [0.4, 0.5) is 5.69 Å². The van der Waals surface area contributed by atoms with Crippen molar-refractivity contribution in [1.29, 1.82) is 0 Å². The molecular formula is C23H29BrN2O3. The van der Waals surface area contributed by atoms with E-state index in [1.54, 1.807) is 7.11 Å². The van der Waals surface area contributed by atoms with Gasteiger partial charge in [0.25, 0.3) is 0 Å². The van der Waals surface area contributed by atoms with Gasteiger partial charge in [-0.05, 0) is 87.3 Å². The van der Waals surface area contributed by atoms with Crippen molar-refractivity contribution >= 4 is 33.4 Å². The highest BCUT2D eigenvalue weighted by Crippen LogP contribution is 2.60. The van der Waals surface area contributed by atoms with E-state index in [9.17, 15) is 9.59 Å². The Hall–Kier alpha value is -1.56. The smallest absolute Gasteiger partial charge is 0.247 e. The third kappa shape index (κ3) is 3.37. The second-order valence-corrected chi connectivity index (χ2v) is 10.6. The molecule has 29 heavy (non-hydrogen) atoms. The third-order valence-corrected chi connectivity index (χ3v) is 8.22. The van der Waals surface area contributed by atoms with Gasteiger partial charge >= 0.3 is 0 Å². The van der Waals surface area contributed by atoms with Gasteiger partial charge < -0.3 is 15.0 Å². The van der Waals surface area contributed by atoms with E-state index in [2.05, 4.69) is 21.2 Å². The van der Waals surface area contributed by atoms with Crippen molar-refractivity contribution in [3.63, 3.8) is 0 Å². The number of benzene rings is 1. The van der Waals surface area contributed by atoms with E-state index >= 15 is 0 Å². The summed E-state index contributed by atoms with van der Waals surface area (Å²) in [6.45, 7) is 0.703. The molecule has 1 unspecified atom stereocenters. The Morgan fingerprint density at radius 3 is 2.41 bits per heavy atom. The maximum Gasteiger partial charge on any atom is 0.247 e. The zero-order valence-corrected chi connectivity index (χ0v) is 18.5. The van der Waals surface area contributed by atoms with E-state index in [1.807, 2.05) is 23.1 Å². The lowest BCUT2D eigenvalue weighted by molar-refractivity contribution is -0.160. The van der Waals surface area contributed by atoms with Crippen molar-refractivity contribution in [2.75, 3.05) is 19.0 Å². The minimum atomic E-state index is -0.376. The van der Waals surface area contributed by atoms with Gasteiger partial charge in [0, 0.05) is 11.0 Å². The number of hydrogen-bond donors (Lipinski definition) is 1. The lowest BCUT2D eigenvalue weighted by Crippen LogP contribution is -2.56. The number of likely N-dealkylation sites (tertiary alicyclic amines) is 1. The molecule has 6 rings (SSSR count). The molecule has 1 aliphatic heterocycles. The van der Waals surface area contributed by atoms with Crippen molar-refractivity contribution in [3.05, 3.63) is 22.7 Å². The Labute approximate surface area is 180 Å². The minimum Gasteiger partial charge on any atom is -0.495 e. The van der Waals surface area contributed by atoms with Crippen LogP contribution in [-0.4, -0.2) is 36.4 Å². The molecular weight excluding hydrogens is 432 g/mol. The van der Waals surface area contributed by atoms with Crippen LogP contribution in [-0.2, 0) is 9.59 Å². The van der Waals surface area contributed by atoms with Gasteiger partial charge in [0.05, 0.1) is 18.2 Å². The Bertz CT molecular complexity index is 804. The molecule has 4 aliphatic carbocycles. The number of hydrogen-bond acceptors (Lipinski definition) is 3. The first kappa shape index (κ1) is 19.4. The van der Waals surface area contributed by atoms with E-state index in [4.69, 9.17) is 4.74 Å². The summed E-state index contributed by atoms with van der Waals surface area (Å²) in [5, 5.41) is 3.02. The highest BCUT2D eigenvalue weighted by atomic mass is 79.9. The van der Waals surface area contributed by atoms with Crippen LogP contribution in [0.5, 0.6) is 5.75 Å². The summed E-state index contributed by atoms with van der Waals surface area (Å²) in [5.41, 5.74) is 0.450. The van der Waals surface area contributed by atoms with E-state index in [-0.39, 0.29) is 23.3 Å². The first-order chi connectivity index (χ1) is 14.0. The number of nitrogens with zero attached hydrogens (tertiary/aromatic N) is 1. The summed E-state index contributed by atoms with van der Waals surface area (Å²) in [6, 6.07) is 5.18. The quantitative estimate of drug-likeness (QED) is 0.713. The van der Waals surface area contributed by atoms with E-state index in [0.717, 1.165) is 54.3 Å². The van der Waals surface area contributed by atoms with E-state index in [1.165, 1.54) is 19.3 Å². The number of methoxy groups -OCH3 is 1. The van der Waals surface area contributed by atoms with Gasteiger partial charge in [-0.15, -0.1) is 0 Å². The maximum absolute atomic E-state index is 13.8. The van der Waals surface area contributed by atoms with Crippen LogP contribution in [0, 0.1) is 23.2 Å². The molecule has 5 aliphatic rings. The molecule has 1 N–H and O–H groups in total. The highest BCUT2D eigenvalue weighted by Gasteiger charge is 2.56. The predicted octanol–water partition coefficient (Wildman–Crippen LogP) is 4.60. The van der Waals surface area contributed by atoms with Crippen molar-refractivity contribution in [3.8, 4) is 5.75 Å². The topological polar surface area (TPSA) is 58.6 Å². The van der Waals surface area contributed by atoms with Crippen LogP contribution in [0.1, 0.15) is 51.4 Å². The van der Waals surface area contributed by atoms with Crippen LogP contribution < -0.4 is 10.1 Å². The molecule has 156 valence electrons. The number of ether oxygens (including phenoxy) is 1. The zero-order chi connectivity index (χ0) is 20.2. The molecule has 5 fully saturated rings. The average molecular weight is 461 g/mol. The first-order valence-electron chi connectivity index (χ1n) is 10.9. The van der Waals surface area contributed by atoms with Crippen LogP contribution in [0.2, 0.25) is 0 Å². The monoisotopic (exact) mass is 460 g/mol. The molecule has 5 nitrogen and oxygen atoms in total.